The highest BCUT2D eigenvalue weighted by atomic mass is 16.7. The Kier molecular flexibility index (Phi) is 9.58. The first-order valence-corrected chi connectivity index (χ1v) is 11.0. The Morgan fingerprint density at radius 2 is 1.67 bits per heavy atom. The predicted octanol–water partition coefficient (Wildman–Crippen LogP) is 5.13. The van der Waals surface area contributed by atoms with Crippen LogP contribution in [-0.4, -0.2) is 31.6 Å². The predicted molar refractivity (Wildman–Crippen MR) is 104 cm³/mol. The Bertz CT molecular complexity index is 471. The first kappa shape index (κ1) is 22.2. The van der Waals surface area contributed by atoms with Gasteiger partial charge < -0.3 is 14.2 Å². The van der Waals surface area contributed by atoms with Crippen LogP contribution >= 0.6 is 0 Å². The van der Waals surface area contributed by atoms with Gasteiger partial charge in [-0.2, -0.15) is 5.26 Å². The quantitative estimate of drug-likeness (QED) is 0.389. The van der Waals surface area contributed by atoms with Crippen LogP contribution in [0.15, 0.2) is 0 Å². The second-order valence-electron chi connectivity index (χ2n) is 8.29. The highest BCUT2D eigenvalue weighted by molar-refractivity contribution is 5.80. The number of hydrogen-bond donors (Lipinski definition) is 0. The Balaban J connectivity index is 1.70. The van der Waals surface area contributed by atoms with Crippen LogP contribution in [0.3, 0.4) is 0 Å². The summed E-state index contributed by atoms with van der Waals surface area (Å²) in [6.07, 6.45) is 13.3. The molecule has 1 aliphatic carbocycles. The lowest BCUT2D eigenvalue weighted by molar-refractivity contribution is -0.228. The number of nitriles is 1. The maximum atomic E-state index is 12.6. The number of ether oxygens (including phenoxy) is 3. The summed E-state index contributed by atoms with van der Waals surface area (Å²) in [5.41, 5.74) is -1.31. The molecule has 0 N–H and O–H groups in total. The SMILES string of the molecule is CCCCCCCC1CCC(OC(=O)C2(C#N)COC(CCC)OC2)CC1. The third kappa shape index (κ3) is 6.76. The van der Waals surface area contributed by atoms with Crippen molar-refractivity contribution in [3.8, 4) is 6.07 Å². The molecular weight excluding hydrogens is 342 g/mol. The van der Waals surface area contributed by atoms with Gasteiger partial charge in [0.15, 0.2) is 6.29 Å². The van der Waals surface area contributed by atoms with Gasteiger partial charge in [0, 0.05) is 0 Å². The number of carbonyl (C=O) groups is 1. The van der Waals surface area contributed by atoms with Crippen molar-refractivity contribution >= 4 is 5.97 Å². The van der Waals surface area contributed by atoms with Gasteiger partial charge in [-0.25, -0.2) is 0 Å². The molecule has 0 bridgehead atoms. The molecule has 154 valence electrons. The minimum atomic E-state index is -1.31. The van der Waals surface area contributed by atoms with E-state index in [9.17, 15) is 10.1 Å². The van der Waals surface area contributed by atoms with Crippen molar-refractivity contribution in [3.63, 3.8) is 0 Å². The maximum absolute atomic E-state index is 12.6. The van der Waals surface area contributed by atoms with Crippen LogP contribution in [0.2, 0.25) is 0 Å². The largest absolute Gasteiger partial charge is 0.461 e. The van der Waals surface area contributed by atoms with E-state index < -0.39 is 11.4 Å². The fourth-order valence-electron chi connectivity index (χ4n) is 4.03. The van der Waals surface area contributed by atoms with Gasteiger partial charge in [0.2, 0.25) is 5.41 Å². The molecule has 0 aromatic rings. The number of hydrogen-bond acceptors (Lipinski definition) is 5. The zero-order chi connectivity index (χ0) is 19.5. The van der Waals surface area contributed by atoms with Crippen molar-refractivity contribution < 1.29 is 19.0 Å². The van der Waals surface area contributed by atoms with Crippen molar-refractivity contribution in [2.24, 2.45) is 11.3 Å². The standard InChI is InChI=1S/C22H37NO4/c1-3-5-6-7-8-10-18-11-13-19(14-12-18)27-21(24)22(15-23)16-25-20(9-4-2)26-17-22/h18-20H,3-14,16-17H2,1-2H3. The molecule has 0 aromatic carbocycles. The molecule has 5 heteroatoms. The minimum absolute atomic E-state index is 0.0626. The zero-order valence-corrected chi connectivity index (χ0v) is 17.2. The lowest BCUT2D eigenvalue weighted by Gasteiger charge is -2.35. The number of rotatable bonds is 10. The average Bonchev–Trinajstić information content (AvgIpc) is 2.70. The van der Waals surface area contributed by atoms with Crippen molar-refractivity contribution in [2.75, 3.05) is 13.2 Å². The summed E-state index contributed by atoms with van der Waals surface area (Å²) in [5, 5.41) is 9.55. The molecule has 1 heterocycles. The molecule has 2 fully saturated rings. The van der Waals surface area contributed by atoms with E-state index in [4.69, 9.17) is 14.2 Å². The zero-order valence-electron chi connectivity index (χ0n) is 17.2. The highest BCUT2D eigenvalue weighted by Crippen LogP contribution is 2.33. The van der Waals surface area contributed by atoms with Crippen molar-refractivity contribution in [2.45, 2.75) is 103 Å². The molecule has 0 spiro atoms. The van der Waals surface area contributed by atoms with E-state index in [1.165, 1.54) is 38.5 Å². The monoisotopic (exact) mass is 379 g/mol. The average molecular weight is 380 g/mol. The van der Waals surface area contributed by atoms with E-state index in [0.29, 0.717) is 0 Å². The van der Waals surface area contributed by atoms with E-state index in [1.54, 1.807) is 0 Å². The van der Waals surface area contributed by atoms with E-state index >= 15 is 0 Å². The summed E-state index contributed by atoms with van der Waals surface area (Å²) in [4.78, 5) is 12.6. The van der Waals surface area contributed by atoms with Crippen LogP contribution in [0.4, 0.5) is 0 Å². The van der Waals surface area contributed by atoms with E-state index in [2.05, 4.69) is 19.9 Å². The molecule has 2 aliphatic rings. The van der Waals surface area contributed by atoms with Gasteiger partial charge in [0.25, 0.3) is 0 Å². The Labute approximate surface area is 164 Å². The first-order valence-electron chi connectivity index (χ1n) is 11.0. The Hall–Kier alpha value is -1.12. The molecule has 0 aromatic heterocycles. The molecule has 2 rings (SSSR count). The van der Waals surface area contributed by atoms with Crippen LogP contribution in [-0.2, 0) is 19.0 Å². The van der Waals surface area contributed by atoms with Gasteiger partial charge in [-0.15, -0.1) is 0 Å². The number of nitrogens with zero attached hydrogens (tertiary/aromatic N) is 1. The molecule has 27 heavy (non-hydrogen) atoms. The smallest absolute Gasteiger partial charge is 0.331 e. The molecule has 5 nitrogen and oxygen atoms in total. The molecular formula is C22H37NO4. The van der Waals surface area contributed by atoms with Crippen LogP contribution in [0.5, 0.6) is 0 Å². The van der Waals surface area contributed by atoms with Crippen LogP contribution in [0.25, 0.3) is 0 Å². The fourth-order valence-corrected chi connectivity index (χ4v) is 4.03. The minimum Gasteiger partial charge on any atom is -0.461 e. The lowest BCUT2D eigenvalue weighted by atomic mass is 9.83. The van der Waals surface area contributed by atoms with Gasteiger partial charge in [-0.1, -0.05) is 58.8 Å². The highest BCUT2D eigenvalue weighted by Gasteiger charge is 2.46. The molecule has 1 saturated heterocycles. The van der Waals surface area contributed by atoms with Crippen LogP contribution < -0.4 is 0 Å². The van der Waals surface area contributed by atoms with Gasteiger partial charge in [0.1, 0.15) is 6.10 Å². The summed E-state index contributed by atoms with van der Waals surface area (Å²) in [7, 11) is 0. The summed E-state index contributed by atoms with van der Waals surface area (Å²) < 4.78 is 16.9. The number of carbonyl (C=O) groups excluding carboxylic acids is 1. The molecule has 0 atom stereocenters. The number of unbranched alkanes of at least 4 members (excludes halogenated alkanes) is 4. The summed E-state index contributed by atoms with van der Waals surface area (Å²) in [6, 6.07) is 2.10. The first-order chi connectivity index (χ1) is 13.1. The van der Waals surface area contributed by atoms with Gasteiger partial charge in [-0.05, 0) is 38.0 Å². The van der Waals surface area contributed by atoms with Crippen molar-refractivity contribution in [1.29, 1.82) is 5.26 Å². The maximum Gasteiger partial charge on any atom is 0.331 e. The normalized spacial score (nSPS) is 31.2. The fraction of sp³-hybridized carbons (Fsp3) is 0.909. The Morgan fingerprint density at radius 1 is 1.00 bits per heavy atom. The summed E-state index contributed by atoms with van der Waals surface area (Å²) in [5.74, 6) is 0.297. The number of esters is 1. The summed E-state index contributed by atoms with van der Waals surface area (Å²) in [6.45, 7) is 4.43. The van der Waals surface area contributed by atoms with Crippen LogP contribution in [0.1, 0.15) is 90.9 Å². The van der Waals surface area contributed by atoms with Crippen molar-refractivity contribution in [3.05, 3.63) is 0 Å². The van der Waals surface area contributed by atoms with Crippen molar-refractivity contribution in [1.82, 2.24) is 0 Å². The van der Waals surface area contributed by atoms with E-state index in [-0.39, 0.29) is 25.6 Å². The molecule has 1 saturated carbocycles. The third-order valence-electron chi connectivity index (χ3n) is 5.94. The second kappa shape index (κ2) is 11.7. The third-order valence-corrected chi connectivity index (χ3v) is 5.94. The summed E-state index contributed by atoms with van der Waals surface area (Å²) >= 11 is 0. The van der Waals surface area contributed by atoms with Gasteiger partial charge in [-0.3, -0.25) is 4.79 Å². The second-order valence-corrected chi connectivity index (χ2v) is 8.29. The topological polar surface area (TPSA) is 68.6 Å². The molecule has 1 aliphatic heterocycles. The van der Waals surface area contributed by atoms with E-state index in [1.807, 2.05) is 0 Å². The Morgan fingerprint density at radius 3 is 2.26 bits per heavy atom. The molecule has 0 unspecified atom stereocenters. The van der Waals surface area contributed by atoms with E-state index in [0.717, 1.165) is 44.4 Å². The van der Waals surface area contributed by atoms with Crippen LogP contribution in [0, 0.1) is 22.7 Å². The molecule has 0 radical (unpaired) electrons. The van der Waals surface area contributed by atoms with Gasteiger partial charge >= 0.3 is 5.97 Å². The van der Waals surface area contributed by atoms with Gasteiger partial charge in [0.05, 0.1) is 19.3 Å². The molecule has 0 amide bonds. The lowest BCUT2D eigenvalue weighted by Crippen LogP contribution is -2.48.